The number of nitrogens with one attached hydrogen (secondary N) is 2. The minimum Gasteiger partial charge on any atom is -0.345 e. The van der Waals surface area contributed by atoms with E-state index in [1.807, 2.05) is 24.3 Å². The Morgan fingerprint density at radius 3 is 2.72 bits per heavy atom. The van der Waals surface area contributed by atoms with Gasteiger partial charge in [0.15, 0.2) is 5.13 Å². The molecule has 2 rings (SSSR count). The fourth-order valence-corrected chi connectivity index (χ4v) is 2.38. The molecule has 1 unspecified atom stereocenters. The number of nitrogens with zero attached hydrogens (tertiary/aromatic N) is 1. The third-order valence-corrected chi connectivity index (χ3v) is 3.29. The number of anilines is 1. The minimum absolute atomic E-state index is 0.234. The largest absolute Gasteiger partial charge is 0.345 e. The molecule has 1 aromatic carbocycles. The van der Waals surface area contributed by atoms with Gasteiger partial charge in [0.2, 0.25) is 11.8 Å². The molecule has 1 aromatic heterocycles. The van der Waals surface area contributed by atoms with Gasteiger partial charge in [0, 0.05) is 6.92 Å². The molecule has 94 valence electrons. The Bertz CT molecular complexity index is 561. The molecule has 0 fully saturated rings. The van der Waals surface area contributed by atoms with Crippen molar-refractivity contribution in [2.75, 3.05) is 5.32 Å². The van der Waals surface area contributed by atoms with E-state index < -0.39 is 6.04 Å². The molecule has 2 aromatic rings. The average Bonchev–Trinajstić information content (AvgIpc) is 2.69. The number of carbonyl (C=O) groups excluding carboxylic acids is 2. The molecule has 0 radical (unpaired) electrons. The third-order valence-electron chi connectivity index (χ3n) is 2.34. The quantitative estimate of drug-likeness (QED) is 0.886. The average molecular weight is 263 g/mol. The van der Waals surface area contributed by atoms with Crippen molar-refractivity contribution in [2.24, 2.45) is 0 Å². The van der Waals surface area contributed by atoms with Crippen LogP contribution in [0.2, 0.25) is 0 Å². The van der Waals surface area contributed by atoms with Crippen molar-refractivity contribution in [2.45, 2.75) is 19.9 Å². The summed E-state index contributed by atoms with van der Waals surface area (Å²) in [4.78, 5) is 26.9. The van der Waals surface area contributed by atoms with Crippen LogP contribution < -0.4 is 10.6 Å². The second-order valence-electron chi connectivity index (χ2n) is 3.90. The predicted octanol–water partition coefficient (Wildman–Crippen LogP) is 1.76. The van der Waals surface area contributed by atoms with Crippen LogP contribution in [-0.4, -0.2) is 22.8 Å². The Morgan fingerprint density at radius 1 is 1.33 bits per heavy atom. The first-order chi connectivity index (χ1) is 8.56. The Morgan fingerprint density at radius 2 is 2.06 bits per heavy atom. The topological polar surface area (TPSA) is 71.1 Å². The van der Waals surface area contributed by atoms with Crippen molar-refractivity contribution >= 4 is 38.5 Å². The highest BCUT2D eigenvalue weighted by Gasteiger charge is 2.15. The van der Waals surface area contributed by atoms with E-state index in [1.54, 1.807) is 6.92 Å². The molecule has 0 bridgehead atoms. The van der Waals surface area contributed by atoms with Crippen molar-refractivity contribution < 1.29 is 9.59 Å². The van der Waals surface area contributed by atoms with Crippen molar-refractivity contribution in [3.63, 3.8) is 0 Å². The van der Waals surface area contributed by atoms with E-state index in [4.69, 9.17) is 0 Å². The van der Waals surface area contributed by atoms with Crippen molar-refractivity contribution in [1.29, 1.82) is 0 Å². The summed E-state index contributed by atoms with van der Waals surface area (Å²) in [5.41, 5.74) is 0.852. The van der Waals surface area contributed by atoms with Crippen LogP contribution >= 0.6 is 11.3 Å². The maximum atomic E-state index is 11.8. The molecule has 0 aliphatic heterocycles. The lowest BCUT2D eigenvalue weighted by Crippen LogP contribution is -2.40. The van der Waals surface area contributed by atoms with E-state index in [2.05, 4.69) is 15.6 Å². The highest BCUT2D eigenvalue weighted by molar-refractivity contribution is 7.22. The molecule has 6 heteroatoms. The van der Waals surface area contributed by atoms with Gasteiger partial charge in [0.1, 0.15) is 6.04 Å². The molecule has 5 nitrogen and oxygen atoms in total. The monoisotopic (exact) mass is 263 g/mol. The molecule has 0 aliphatic carbocycles. The van der Waals surface area contributed by atoms with Gasteiger partial charge in [-0.2, -0.15) is 0 Å². The van der Waals surface area contributed by atoms with Crippen molar-refractivity contribution in [3.8, 4) is 0 Å². The maximum Gasteiger partial charge on any atom is 0.248 e. The zero-order valence-corrected chi connectivity index (χ0v) is 10.9. The lowest BCUT2D eigenvalue weighted by Gasteiger charge is -2.10. The Balaban J connectivity index is 2.09. The van der Waals surface area contributed by atoms with Gasteiger partial charge in [-0.3, -0.25) is 9.59 Å². The number of rotatable bonds is 3. The number of hydrogen-bond acceptors (Lipinski definition) is 4. The van der Waals surface area contributed by atoms with E-state index in [0.717, 1.165) is 10.2 Å². The lowest BCUT2D eigenvalue weighted by molar-refractivity contribution is -0.124. The van der Waals surface area contributed by atoms with Crippen LogP contribution in [0.25, 0.3) is 10.2 Å². The number of amides is 2. The van der Waals surface area contributed by atoms with Gasteiger partial charge >= 0.3 is 0 Å². The van der Waals surface area contributed by atoms with E-state index in [1.165, 1.54) is 18.3 Å². The molecule has 1 atom stereocenters. The molecular formula is C12H13N3O2S. The van der Waals surface area contributed by atoms with Crippen LogP contribution in [0, 0.1) is 0 Å². The normalized spacial score (nSPS) is 12.1. The number of para-hydroxylation sites is 1. The number of carbonyl (C=O) groups is 2. The minimum atomic E-state index is -0.575. The zero-order valence-electron chi connectivity index (χ0n) is 10.1. The standard InChI is InChI=1S/C12H13N3O2S/c1-7(13-8(2)16)11(17)15-12-14-9-5-3-4-6-10(9)18-12/h3-7H,1-2H3,(H,13,16)(H,14,15,17). The smallest absolute Gasteiger partial charge is 0.248 e. The summed E-state index contributed by atoms with van der Waals surface area (Å²) in [5, 5.41) is 5.75. The molecule has 2 N–H and O–H groups in total. The molecule has 1 heterocycles. The Hall–Kier alpha value is -1.95. The molecule has 0 saturated heterocycles. The number of fused-ring (bicyclic) bond motifs is 1. The van der Waals surface area contributed by atoms with Gasteiger partial charge in [-0.05, 0) is 19.1 Å². The molecular weight excluding hydrogens is 250 g/mol. The van der Waals surface area contributed by atoms with Gasteiger partial charge < -0.3 is 10.6 Å². The second kappa shape index (κ2) is 5.14. The Labute approximate surface area is 108 Å². The SMILES string of the molecule is CC(=O)NC(C)C(=O)Nc1nc2ccccc2s1. The maximum absolute atomic E-state index is 11.8. The fourth-order valence-electron chi connectivity index (χ4n) is 1.51. The van der Waals surface area contributed by atoms with E-state index in [-0.39, 0.29) is 11.8 Å². The van der Waals surface area contributed by atoms with Gasteiger partial charge in [0.05, 0.1) is 10.2 Å². The fraction of sp³-hybridized carbons (Fsp3) is 0.250. The molecule has 18 heavy (non-hydrogen) atoms. The van der Waals surface area contributed by atoms with Crippen LogP contribution in [0.5, 0.6) is 0 Å². The van der Waals surface area contributed by atoms with Gasteiger partial charge in [-0.1, -0.05) is 23.5 Å². The molecule has 0 saturated carbocycles. The van der Waals surface area contributed by atoms with E-state index >= 15 is 0 Å². The summed E-state index contributed by atoms with van der Waals surface area (Å²) in [7, 11) is 0. The zero-order chi connectivity index (χ0) is 13.1. The van der Waals surface area contributed by atoms with Gasteiger partial charge in [0.25, 0.3) is 0 Å². The van der Waals surface area contributed by atoms with Gasteiger partial charge in [-0.25, -0.2) is 4.98 Å². The van der Waals surface area contributed by atoms with Gasteiger partial charge in [-0.15, -0.1) is 0 Å². The highest BCUT2D eigenvalue weighted by Crippen LogP contribution is 2.25. The van der Waals surface area contributed by atoms with Crippen molar-refractivity contribution in [3.05, 3.63) is 24.3 Å². The number of thiazole rings is 1. The summed E-state index contributed by atoms with van der Waals surface area (Å²) in [6, 6.07) is 7.08. The van der Waals surface area contributed by atoms with Crippen LogP contribution in [0.15, 0.2) is 24.3 Å². The first kappa shape index (κ1) is 12.5. The van der Waals surface area contributed by atoms with E-state index in [9.17, 15) is 9.59 Å². The Kier molecular flexibility index (Phi) is 3.57. The van der Waals surface area contributed by atoms with Crippen molar-refractivity contribution in [1.82, 2.24) is 10.3 Å². The van der Waals surface area contributed by atoms with Crippen LogP contribution in [-0.2, 0) is 9.59 Å². The summed E-state index contributed by atoms with van der Waals surface area (Å²) >= 11 is 1.41. The number of benzene rings is 1. The number of aromatic nitrogens is 1. The third kappa shape index (κ3) is 2.84. The second-order valence-corrected chi connectivity index (χ2v) is 4.93. The van der Waals surface area contributed by atoms with Crippen LogP contribution in [0.1, 0.15) is 13.8 Å². The predicted molar refractivity (Wildman–Crippen MR) is 71.5 cm³/mol. The van der Waals surface area contributed by atoms with Crippen LogP contribution in [0.3, 0.4) is 0 Å². The molecule has 2 amide bonds. The number of hydrogen-bond donors (Lipinski definition) is 2. The van der Waals surface area contributed by atoms with Crippen LogP contribution in [0.4, 0.5) is 5.13 Å². The molecule has 0 aliphatic rings. The summed E-state index contributed by atoms with van der Waals surface area (Å²) < 4.78 is 1.01. The highest BCUT2D eigenvalue weighted by atomic mass is 32.1. The first-order valence-corrected chi connectivity index (χ1v) is 6.31. The lowest BCUT2D eigenvalue weighted by atomic mass is 10.3. The summed E-state index contributed by atoms with van der Waals surface area (Å²) in [6.07, 6.45) is 0. The first-order valence-electron chi connectivity index (χ1n) is 5.50. The summed E-state index contributed by atoms with van der Waals surface area (Å²) in [5.74, 6) is -0.508. The molecule has 0 spiro atoms. The summed E-state index contributed by atoms with van der Waals surface area (Å²) in [6.45, 7) is 3.01. The van der Waals surface area contributed by atoms with E-state index in [0.29, 0.717) is 5.13 Å².